The number of nitrogens with two attached hydrogens (primary N) is 1. The lowest BCUT2D eigenvalue weighted by molar-refractivity contribution is -0.133. The minimum atomic E-state index is 0.0476. The number of nitrogens with zero attached hydrogens (tertiary/aromatic N) is 2. The number of methoxy groups -OCH3 is 1. The van der Waals surface area contributed by atoms with Crippen molar-refractivity contribution in [2.45, 2.75) is 37.5 Å². The molecule has 0 aromatic heterocycles. The van der Waals surface area contributed by atoms with Gasteiger partial charge >= 0.3 is 0 Å². The maximum Gasteiger partial charge on any atom is 0.239 e. The SMILES string of the molecule is COC1CCN(C2CCN(C)C2=O)C(CN)C1. The third-order valence-corrected chi connectivity index (χ3v) is 4.12. The zero-order valence-electron chi connectivity index (χ0n) is 10.8. The van der Waals surface area contributed by atoms with Crippen molar-refractivity contribution in [2.24, 2.45) is 5.73 Å². The molecule has 3 unspecified atom stereocenters. The van der Waals surface area contributed by atoms with E-state index in [2.05, 4.69) is 4.90 Å². The highest BCUT2D eigenvalue weighted by atomic mass is 16.5. The van der Waals surface area contributed by atoms with Gasteiger partial charge in [-0.15, -0.1) is 0 Å². The Morgan fingerprint density at radius 3 is 2.71 bits per heavy atom. The Hall–Kier alpha value is -0.650. The lowest BCUT2D eigenvalue weighted by Crippen LogP contribution is -2.54. The summed E-state index contributed by atoms with van der Waals surface area (Å²) in [5, 5.41) is 0. The van der Waals surface area contributed by atoms with Gasteiger partial charge in [-0.05, 0) is 19.3 Å². The third-order valence-electron chi connectivity index (χ3n) is 4.12. The molecule has 0 aromatic carbocycles. The van der Waals surface area contributed by atoms with Gasteiger partial charge < -0.3 is 15.4 Å². The summed E-state index contributed by atoms with van der Waals surface area (Å²) in [6, 6.07) is 0.334. The van der Waals surface area contributed by atoms with Crippen molar-refractivity contribution in [1.82, 2.24) is 9.80 Å². The molecule has 2 saturated heterocycles. The van der Waals surface area contributed by atoms with Crippen LogP contribution in [-0.2, 0) is 9.53 Å². The van der Waals surface area contributed by atoms with Crippen LogP contribution in [0, 0.1) is 0 Å². The van der Waals surface area contributed by atoms with Gasteiger partial charge in [0.2, 0.25) is 5.91 Å². The van der Waals surface area contributed by atoms with E-state index in [1.54, 1.807) is 7.11 Å². The van der Waals surface area contributed by atoms with Crippen LogP contribution in [0.4, 0.5) is 0 Å². The number of amides is 1. The lowest BCUT2D eigenvalue weighted by Gasteiger charge is -2.41. The second-order valence-electron chi connectivity index (χ2n) is 5.07. The summed E-state index contributed by atoms with van der Waals surface area (Å²) < 4.78 is 5.40. The molecule has 0 aromatic rings. The number of likely N-dealkylation sites (N-methyl/N-ethyl adjacent to an activating group) is 1. The first kappa shape index (κ1) is 12.8. The number of ether oxygens (including phenoxy) is 1. The van der Waals surface area contributed by atoms with Crippen LogP contribution in [-0.4, -0.2) is 67.7 Å². The van der Waals surface area contributed by atoms with Crippen molar-refractivity contribution in [1.29, 1.82) is 0 Å². The Labute approximate surface area is 103 Å². The molecule has 2 heterocycles. The number of hydrogen-bond acceptors (Lipinski definition) is 4. The average molecular weight is 241 g/mol. The van der Waals surface area contributed by atoms with E-state index in [1.807, 2.05) is 11.9 Å². The molecular weight excluding hydrogens is 218 g/mol. The minimum absolute atomic E-state index is 0.0476. The van der Waals surface area contributed by atoms with Crippen LogP contribution in [0.25, 0.3) is 0 Å². The first-order valence-corrected chi connectivity index (χ1v) is 6.41. The fourth-order valence-corrected chi connectivity index (χ4v) is 3.00. The van der Waals surface area contributed by atoms with E-state index >= 15 is 0 Å². The van der Waals surface area contributed by atoms with Crippen molar-refractivity contribution < 1.29 is 9.53 Å². The van der Waals surface area contributed by atoms with Crippen LogP contribution in [0.3, 0.4) is 0 Å². The number of carbonyl (C=O) groups excluding carboxylic acids is 1. The van der Waals surface area contributed by atoms with E-state index in [0.717, 1.165) is 32.4 Å². The van der Waals surface area contributed by atoms with Gasteiger partial charge in [0.05, 0.1) is 12.1 Å². The van der Waals surface area contributed by atoms with Gasteiger partial charge in [-0.1, -0.05) is 0 Å². The van der Waals surface area contributed by atoms with Crippen molar-refractivity contribution >= 4 is 5.91 Å². The van der Waals surface area contributed by atoms with E-state index in [9.17, 15) is 4.79 Å². The Morgan fingerprint density at radius 1 is 1.41 bits per heavy atom. The van der Waals surface area contributed by atoms with Gasteiger partial charge in [-0.3, -0.25) is 9.69 Å². The van der Waals surface area contributed by atoms with Gasteiger partial charge in [0.15, 0.2) is 0 Å². The quantitative estimate of drug-likeness (QED) is 0.734. The summed E-state index contributed by atoms with van der Waals surface area (Å²) in [5.41, 5.74) is 5.84. The normalized spacial score (nSPS) is 35.6. The molecule has 0 bridgehead atoms. The van der Waals surface area contributed by atoms with Crippen LogP contribution < -0.4 is 5.73 Å². The molecule has 1 amide bonds. The van der Waals surface area contributed by atoms with Crippen molar-refractivity contribution in [3.8, 4) is 0 Å². The minimum Gasteiger partial charge on any atom is -0.381 e. The Balaban J connectivity index is 2.03. The molecule has 98 valence electrons. The van der Waals surface area contributed by atoms with Gasteiger partial charge in [-0.25, -0.2) is 0 Å². The Morgan fingerprint density at radius 2 is 2.18 bits per heavy atom. The molecule has 2 N–H and O–H groups in total. The van der Waals surface area contributed by atoms with E-state index in [0.29, 0.717) is 12.6 Å². The average Bonchev–Trinajstić information content (AvgIpc) is 2.69. The largest absolute Gasteiger partial charge is 0.381 e. The highest BCUT2D eigenvalue weighted by molar-refractivity contribution is 5.83. The highest BCUT2D eigenvalue weighted by Gasteiger charge is 2.39. The molecule has 2 rings (SSSR count). The van der Waals surface area contributed by atoms with Crippen LogP contribution in [0.1, 0.15) is 19.3 Å². The van der Waals surface area contributed by atoms with Gasteiger partial charge in [-0.2, -0.15) is 0 Å². The fraction of sp³-hybridized carbons (Fsp3) is 0.917. The number of piperidine rings is 1. The van der Waals surface area contributed by atoms with Crippen LogP contribution in [0.2, 0.25) is 0 Å². The van der Waals surface area contributed by atoms with Gasteiger partial charge in [0.25, 0.3) is 0 Å². The van der Waals surface area contributed by atoms with E-state index < -0.39 is 0 Å². The van der Waals surface area contributed by atoms with Gasteiger partial charge in [0.1, 0.15) is 0 Å². The first-order valence-electron chi connectivity index (χ1n) is 6.41. The molecule has 5 nitrogen and oxygen atoms in total. The van der Waals surface area contributed by atoms with Gasteiger partial charge in [0, 0.05) is 39.8 Å². The summed E-state index contributed by atoms with van der Waals surface area (Å²) in [7, 11) is 3.63. The molecule has 2 aliphatic heterocycles. The van der Waals surface area contributed by atoms with E-state index in [4.69, 9.17) is 10.5 Å². The summed E-state index contributed by atoms with van der Waals surface area (Å²) in [4.78, 5) is 16.1. The van der Waals surface area contributed by atoms with Crippen LogP contribution in [0.5, 0.6) is 0 Å². The molecule has 0 spiro atoms. The van der Waals surface area contributed by atoms with Crippen LogP contribution >= 0.6 is 0 Å². The lowest BCUT2D eigenvalue weighted by atomic mass is 9.96. The maximum absolute atomic E-state index is 12.0. The molecule has 2 aliphatic rings. The molecule has 3 atom stereocenters. The molecule has 2 fully saturated rings. The van der Waals surface area contributed by atoms with E-state index in [-0.39, 0.29) is 18.0 Å². The molecular formula is C12H23N3O2. The standard InChI is InChI=1S/C12H23N3O2/c1-14-5-4-11(12(14)16)15-6-3-10(17-2)7-9(15)8-13/h9-11H,3-8,13H2,1-2H3. The maximum atomic E-state index is 12.0. The second kappa shape index (κ2) is 5.33. The zero-order valence-corrected chi connectivity index (χ0v) is 10.8. The fourth-order valence-electron chi connectivity index (χ4n) is 3.00. The smallest absolute Gasteiger partial charge is 0.239 e. The summed E-state index contributed by atoms with van der Waals surface area (Å²) in [5.74, 6) is 0.249. The summed E-state index contributed by atoms with van der Waals surface area (Å²) >= 11 is 0. The molecule has 17 heavy (non-hydrogen) atoms. The highest BCUT2D eigenvalue weighted by Crippen LogP contribution is 2.25. The first-order chi connectivity index (χ1) is 8.17. The summed E-state index contributed by atoms with van der Waals surface area (Å²) in [6.45, 7) is 2.39. The number of rotatable bonds is 3. The molecule has 0 radical (unpaired) electrons. The predicted molar refractivity (Wildman–Crippen MR) is 65.6 cm³/mol. The third kappa shape index (κ3) is 2.46. The van der Waals surface area contributed by atoms with Crippen LogP contribution in [0.15, 0.2) is 0 Å². The number of likely N-dealkylation sites (tertiary alicyclic amines) is 2. The number of hydrogen-bond donors (Lipinski definition) is 1. The monoisotopic (exact) mass is 241 g/mol. The molecule has 0 aliphatic carbocycles. The van der Waals surface area contributed by atoms with Crippen molar-refractivity contribution in [2.75, 3.05) is 33.8 Å². The predicted octanol–water partition coefficient (Wildman–Crippen LogP) is -0.345. The van der Waals surface area contributed by atoms with Crippen molar-refractivity contribution in [3.63, 3.8) is 0 Å². The Bertz CT molecular complexity index is 285. The number of carbonyl (C=O) groups is 1. The molecule has 0 saturated carbocycles. The second-order valence-corrected chi connectivity index (χ2v) is 5.07. The molecule has 5 heteroatoms. The topological polar surface area (TPSA) is 58.8 Å². The van der Waals surface area contributed by atoms with E-state index in [1.165, 1.54) is 0 Å². The summed E-state index contributed by atoms with van der Waals surface area (Å²) in [6.07, 6.45) is 3.18. The van der Waals surface area contributed by atoms with Crippen molar-refractivity contribution in [3.05, 3.63) is 0 Å². The Kier molecular flexibility index (Phi) is 4.01. The zero-order chi connectivity index (χ0) is 12.4.